The maximum absolute atomic E-state index is 11.7. The molecule has 0 aliphatic rings. The Balaban J connectivity index is 2.94. The molecule has 0 bridgehead atoms. The average Bonchev–Trinajstić information content (AvgIpc) is 2.29. The zero-order valence-electron chi connectivity index (χ0n) is 11.7. The molecule has 110 valence electrons. The van der Waals surface area contributed by atoms with Crippen LogP contribution in [0.4, 0.5) is 10.6 Å². The van der Waals surface area contributed by atoms with Crippen molar-refractivity contribution >= 4 is 29.5 Å². The van der Waals surface area contributed by atoms with Crippen molar-refractivity contribution in [3.05, 3.63) is 16.8 Å². The van der Waals surface area contributed by atoms with Crippen molar-refractivity contribution in [2.45, 2.75) is 33.3 Å². The molecule has 7 nitrogen and oxygen atoms in total. The maximum atomic E-state index is 11.7. The van der Waals surface area contributed by atoms with Gasteiger partial charge in [0, 0.05) is 0 Å². The topological polar surface area (TPSA) is 90.4 Å². The monoisotopic (exact) mass is 301 g/mol. The molecule has 0 spiro atoms. The zero-order valence-corrected chi connectivity index (χ0v) is 12.4. The number of ether oxygens (including phenoxy) is 2. The molecule has 1 N–H and O–H groups in total. The predicted molar refractivity (Wildman–Crippen MR) is 72.9 cm³/mol. The number of nitrogens with zero attached hydrogens (tertiary/aromatic N) is 2. The summed E-state index contributed by atoms with van der Waals surface area (Å²) in [5, 5.41) is 9.58. The van der Waals surface area contributed by atoms with Gasteiger partial charge in [-0.1, -0.05) is 11.6 Å². The fourth-order valence-electron chi connectivity index (χ4n) is 1.23. The fourth-order valence-corrected chi connectivity index (χ4v) is 1.37. The average molecular weight is 302 g/mol. The highest BCUT2D eigenvalue weighted by Crippen LogP contribution is 2.18. The minimum absolute atomic E-state index is 0.0118. The first-order valence-electron chi connectivity index (χ1n) is 5.93. The Morgan fingerprint density at radius 2 is 2.00 bits per heavy atom. The first-order chi connectivity index (χ1) is 9.23. The summed E-state index contributed by atoms with van der Waals surface area (Å²) in [6.45, 7) is 6.99. The summed E-state index contributed by atoms with van der Waals surface area (Å²) >= 11 is 5.68. The number of amides is 1. The third-order valence-electron chi connectivity index (χ3n) is 1.88. The molecule has 0 fully saturated rings. The van der Waals surface area contributed by atoms with Gasteiger partial charge in [-0.05, 0) is 33.8 Å². The van der Waals surface area contributed by atoms with Gasteiger partial charge in [0.25, 0.3) is 0 Å². The molecule has 0 radical (unpaired) electrons. The normalized spacial score (nSPS) is 10.8. The second-order valence-corrected chi connectivity index (χ2v) is 5.16. The molecule has 20 heavy (non-hydrogen) atoms. The number of hydrogen-bond acceptors (Lipinski definition) is 6. The summed E-state index contributed by atoms with van der Waals surface area (Å²) in [6, 6.07) is 1.26. The van der Waals surface area contributed by atoms with Crippen molar-refractivity contribution in [2.24, 2.45) is 0 Å². The van der Waals surface area contributed by atoms with Crippen molar-refractivity contribution < 1.29 is 19.1 Å². The SMILES string of the molecule is CCOC(=O)c1cc(Cl)nnc1NC(=O)OC(C)(C)C. The van der Waals surface area contributed by atoms with E-state index in [0.717, 1.165) is 0 Å². The molecule has 0 aliphatic carbocycles. The highest BCUT2D eigenvalue weighted by molar-refractivity contribution is 6.29. The lowest BCUT2D eigenvalue weighted by Gasteiger charge is -2.19. The number of hydrogen-bond donors (Lipinski definition) is 1. The van der Waals surface area contributed by atoms with E-state index in [2.05, 4.69) is 15.5 Å². The van der Waals surface area contributed by atoms with Gasteiger partial charge in [0.2, 0.25) is 0 Å². The smallest absolute Gasteiger partial charge is 0.413 e. The predicted octanol–water partition coefficient (Wildman–Crippen LogP) is 2.65. The molecule has 1 heterocycles. The molecular weight excluding hydrogens is 286 g/mol. The highest BCUT2D eigenvalue weighted by Gasteiger charge is 2.21. The van der Waals surface area contributed by atoms with Crippen molar-refractivity contribution in [2.75, 3.05) is 11.9 Å². The van der Waals surface area contributed by atoms with Gasteiger partial charge < -0.3 is 9.47 Å². The van der Waals surface area contributed by atoms with E-state index >= 15 is 0 Å². The van der Waals surface area contributed by atoms with Crippen LogP contribution in [0.5, 0.6) is 0 Å². The standard InChI is InChI=1S/C12H16ClN3O4/c1-5-19-10(17)7-6-8(13)15-16-9(7)14-11(18)20-12(2,3)4/h6H,5H2,1-4H3,(H,14,16,18). The first-order valence-corrected chi connectivity index (χ1v) is 6.31. The lowest BCUT2D eigenvalue weighted by molar-refractivity contribution is 0.0527. The fraction of sp³-hybridized carbons (Fsp3) is 0.500. The van der Waals surface area contributed by atoms with Crippen LogP contribution in [0.2, 0.25) is 5.15 Å². The number of carbonyl (C=O) groups is 2. The number of anilines is 1. The van der Waals surface area contributed by atoms with E-state index in [-0.39, 0.29) is 23.1 Å². The van der Waals surface area contributed by atoms with Crippen LogP contribution in [-0.4, -0.2) is 34.5 Å². The van der Waals surface area contributed by atoms with E-state index in [9.17, 15) is 9.59 Å². The number of carbonyl (C=O) groups excluding carboxylic acids is 2. The second-order valence-electron chi connectivity index (χ2n) is 4.78. The Kier molecular flexibility index (Phi) is 5.26. The van der Waals surface area contributed by atoms with Crippen molar-refractivity contribution in [1.29, 1.82) is 0 Å². The van der Waals surface area contributed by atoms with E-state index < -0.39 is 17.7 Å². The van der Waals surface area contributed by atoms with E-state index in [1.165, 1.54) is 6.07 Å². The summed E-state index contributed by atoms with van der Waals surface area (Å²) < 4.78 is 9.91. The molecule has 1 amide bonds. The van der Waals surface area contributed by atoms with Crippen LogP contribution in [0.1, 0.15) is 38.1 Å². The van der Waals surface area contributed by atoms with Gasteiger partial charge in [0.1, 0.15) is 11.2 Å². The number of nitrogens with one attached hydrogen (secondary N) is 1. The number of esters is 1. The van der Waals surface area contributed by atoms with Gasteiger partial charge in [-0.15, -0.1) is 10.2 Å². The third-order valence-corrected chi connectivity index (χ3v) is 2.06. The summed E-state index contributed by atoms with van der Waals surface area (Å²) in [6.07, 6.45) is -0.750. The lowest BCUT2D eigenvalue weighted by atomic mass is 10.2. The Morgan fingerprint density at radius 1 is 1.35 bits per heavy atom. The van der Waals surface area contributed by atoms with Crippen LogP contribution in [0.15, 0.2) is 6.07 Å². The maximum Gasteiger partial charge on any atom is 0.413 e. The van der Waals surface area contributed by atoms with Crippen molar-refractivity contribution in [3.63, 3.8) is 0 Å². The number of rotatable bonds is 3. The third kappa shape index (κ3) is 5.00. The number of aromatic nitrogens is 2. The Labute approximate surface area is 121 Å². The van der Waals surface area contributed by atoms with Crippen LogP contribution in [-0.2, 0) is 9.47 Å². The zero-order chi connectivity index (χ0) is 15.3. The molecule has 0 aliphatic heterocycles. The Hall–Kier alpha value is -1.89. The Bertz CT molecular complexity index is 514. The quantitative estimate of drug-likeness (QED) is 0.863. The van der Waals surface area contributed by atoms with Crippen LogP contribution < -0.4 is 5.32 Å². The minimum Gasteiger partial charge on any atom is -0.462 e. The van der Waals surface area contributed by atoms with Gasteiger partial charge in [0.05, 0.1) is 6.61 Å². The molecule has 1 aromatic rings. The molecular formula is C12H16ClN3O4. The molecule has 0 saturated carbocycles. The second kappa shape index (κ2) is 6.51. The summed E-state index contributed by atoms with van der Waals surface area (Å²) in [5.41, 5.74) is -0.661. The first kappa shape index (κ1) is 16.2. The van der Waals surface area contributed by atoms with E-state index in [0.29, 0.717) is 0 Å². The summed E-state index contributed by atoms with van der Waals surface area (Å²) in [5.74, 6) is -0.725. The van der Waals surface area contributed by atoms with E-state index in [1.807, 2.05) is 0 Å². The van der Waals surface area contributed by atoms with Crippen LogP contribution >= 0.6 is 11.6 Å². The molecule has 1 rings (SSSR count). The molecule has 0 unspecified atom stereocenters. The molecule has 0 atom stereocenters. The van der Waals surface area contributed by atoms with Gasteiger partial charge in [0.15, 0.2) is 11.0 Å². The van der Waals surface area contributed by atoms with Crippen LogP contribution in [0.3, 0.4) is 0 Å². The molecule has 1 aromatic heterocycles. The highest BCUT2D eigenvalue weighted by atomic mass is 35.5. The van der Waals surface area contributed by atoms with Gasteiger partial charge in [-0.3, -0.25) is 5.32 Å². The van der Waals surface area contributed by atoms with Gasteiger partial charge in [-0.25, -0.2) is 9.59 Å². The van der Waals surface area contributed by atoms with Gasteiger partial charge in [-0.2, -0.15) is 0 Å². The molecule has 8 heteroatoms. The van der Waals surface area contributed by atoms with Crippen LogP contribution in [0.25, 0.3) is 0 Å². The minimum atomic E-state index is -0.750. The molecule has 0 saturated heterocycles. The van der Waals surface area contributed by atoms with E-state index in [1.54, 1.807) is 27.7 Å². The summed E-state index contributed by atoms with van der Waals surface area (Å²) in [4.78, 5) is 23.4. The van der Waals surface area contributed by atoms with Crippen molar-refractivity contribution in [3.8, 4) is 0 Å². The molecule has 0 aromatic carbocycles. The number of halogens is 1. The van der Waals surface area contributed by atoms with Crippen molar-refractivity contribution in [1.82, 2.24) is 10.2 Å². The summed E-state index contributed by atoms with van der Waals surface area (Å²) in [7, 11) is 0. The van der Waals surface area contributed by atoms with Crippen LogP contribution in [0, 0.1) is 0 Å². The van der Waals surface area contributed by atoms with E-state index in [4.69, 9.17) is 21.1 Å². The lowest BCUT2D eigenvalue weighted by Crippen LogP contribution is -2.28. The Morgan fingerprint density at radius 3 is 2.55 bits per heavy atom. The van der Waals surface area contributed by atoms with Gasteiger partial charge >= 0.3 is 12.1 Å². The largest absolute Gasteiger partial charge is 0.462 e.